The zero-order valence-electron chi connectivity index (χ0n) is 12.0. The maximum Gasteiger partial charge on any atom is 0.439 e. The molecule has 3 rings (SSSR count). The Morgan fingerprint density at radius 1 is 1.22 bits per heavy atom. The summed E-state index contributed by atoms with van der Waals surface area (Å²) >= 11 is 0. The van der Waals surface area contributed by atoms with Crippen LogP contribution in [0.3, 0.4) is 0 Å². The Kier molecular flexibility index (Phi) is 3.68. The fourth-order valence-corrected chi connectivity index (χ4v) is 4.62. The Bertz CT molecular complexity index is 733. The quantitative estimate of drug-likeness (QED) is 0.893. The minimum atomic E-state index is -5.15. The van der Waals surface area contributed by atoms with Crippen LogP contribution >= 0.6 is 0 Å². The minimum Gasteiger partial charge on any atom is -0.361 e. The number of hydrogen-bond acceptors (Lipinski definition) is 4. The van der Waals surface area contributed by atoms with Crippen LogP contribution in [0.2, 0.25) is 0 Å². The van der Waals surface area contributed by atoms with Crippen LogP contribution in [0.15, 0.2) is 40.3 Å². The summed E-state index contributed by atoms with van der Waals surface area (Å²) in [5, 5.41) is 14.1. The van der Waals surface area contributed by atoms with Gasteiger partial charge in [0.15, 0.2) is 0 Å². The van der Waals surface area contributed by atoms with Crippen LogP contribution in [0.4, 0.5) is 13.2 Å². The fraction of sp³-hybridized carbons (Fsp3) is 0.500. The Balaban J connectivity index is 2.14. The van der Waals surface area contributed by atoms with Crippen molar-refractivity contribution in [2.75, 3.05) is 0 Å². The lowest BCUT2D eigenvalue weighted by molar-refractivity contribution is -0.306. The fourth-order valence-electron chi connectivity index (χ4n) is 3.11. The topological polar surface area (TPSA) is 70.0 Å². The molecule has 9 heteroatoms. The number of sulfonamides is 1. The average Bonchev–Trinajstić information content (AvgIpc) is 2.84. The average molecular weight is 348 g/mol. The van der Waals surface area contributed by atoms with E-state index in [0.717, 1.165) is 0 Å². The molecule has 0 spiro atoms. The highest BCUT2D eigenvalue weighted by atomic mass is 32.2. The van der Waals surface area contributed by atoms with Gasteiger partial charge in [-0.25, -0.2) is 0 Å². The standard InChI is InChI=1S/C14H15F3N2O3S/c15-14(16,17)13(20)11-8-4-5-9-12(11)18-19(13)23(21,22)10-6-2-1-3-7-10/h1-3,6-7,11,20H,4-5,8-9H2/t11-,13-/m0/s1. The molecule has 0 aromatic heterocycles. The summed E-state index contributed by atoms with van der Waals surface area (Å²) in [7, 11) is -4.61. The summed E-state index contributed by atoms with van der Waals surface area (Å²) in [6, 6.07) is 6.69. The van der Waals surface area contributed by atoms with E-state index in [1.54, 1.807) is 6.07 Å². The molecule has 1 aromatic carbocycles. The second kappa shape index (κ2) is 5.20. The lowest BCUT2D eigenvalue weighted by atomic mass is 9.81. The molecule has 1 N–H and O–H groups in total. The molecule has 23 heavy (non-hydrogen) atoms. The third-order valence-electron chi connectivity index (χ3n) is 4.26. The van der Waals surface area contributed by atoms with E-state index in [-0.39, 0.29) is 27.9 Å². The molecule has 0 bridgehead atoms. The van der Waals surface area contributed by atoms with Gasteiger partial charge in [-0.15, -0.1) is 4.41 Å². The van der Waals surface area contributed by atoms with Gasteiger partial charge in [0, 0.05) is 5.71 Å². The van der Waals surface area contributed by atoms with Crippen molar-refractivity contribution in [1.29, 1.82) is 0 Å². The van der Waals surface area contributed by atoms with Crippen molar-refractivity contribution in [3.05, 3.63) is 30.3 Å². The molecule has 0 amide bonds. The first-order valence-corrected chi connectivity index (χ1v) is 8.60. The van der Waals surface area contributed by atoms with Gasteiger partial charge in [-0.1, -0.05) is 24.6 Å². The monoisotopic (exact) mass is 348 g/mol. The highest BCUT2D eigenvalue weighted by molar-refractivity contribution is 7.89. The van der Waals surface area contributed by atoms with Gasteiger partial charge in [0.05, 0.1) is 10.8 Å². The maximum atomic E-state index is 13.6. The molecule has 1 aliphatic carbocycles. The first kappa shape index (κ1) is 16.3. The van der Waals surface area contributed by atoms with Crippen molar-refractivity contribution in [2.45, 2.75) is 42.5 Å². The second-order valence-corrected chi connectivity index (χ2v) is 7.44. The largest absolute Gasteiger partial charge is 0.439 e. The van der Waals surface area contributed by atoms with E-state index in [4.69, 9.17) is 0 Å². The minimum absolute atomic E-state index is 0.0512. The SMILES string of the molecule is O=S(=O)(c1ccccc1)N1N=C2CCCC[C@@H]2[C@]1(O)C(F)(F)F. The molecule has 1 heterocycles. The molecule has 126 valence electrons. The number of fused-ring (bicyclic) bond motifs is 1. The van der Waals surface area contributed by atoms with Crippen molar-refractivity contribution in [1.82, 2.24) is 4.41 Å². The van der Waals surface area contributed by atoms with E-state index in [1.165, 1.54) is 24.3 Å². The van der Waals surface area contributed by atoms with Crippen LogP contribution < -0.4 is 0 Å². The Morgan fingerprint density at radius 2 is 1.87 bits per heavy atom. The third-order valence-corrected chi connectivity index (χ3v) is 5.94. The second-order valence-electron chi connectivity index (χ2n) is 5.67. The van der Waals surface area contributed by atoms with E-state index in [0.29, 0.717) is 12.8 Å². The summed E-state index contributed by atoms with van der Waals surface area (Å²) in [6.07, 6.45) is -3.73. The molecule has 0 radical (unpaired) electrons. The van der Waals surface area contributed by atoms with Crippen LogP contribution in [0.25, 0.3) is 0 Å². The van der Waals surface area contributed by atoms with E-state index < -0.39 is 27.8 Å². The lowest BCUT2D eigenvalue weighted by Crippen LogP contribution is -2.61. The van der Waals surface area contributed by atoms with E-state index in [2.05, 4.69) is 5.10 Å². The molecule has 1 fully saturated rings. The van der Waals surface area contributed by atoms with E-state index in [9.17, 15) is 26.7 Å². The predicted octanol–water partition coefficient (Wildman–Crippen LogP) is 2.49. The number of hydrogen-bond donors (Lipinski definition) is 1. The predicted molar refractivity (Wildman–Crippen MR) is 75.9 cm³/mol. The van der Waals surface area contributed by atoms with Crippen LogP contribution in [-0.2, 0) is 10.0 Å². The van der Waals surface area contributed by atoms with Gasteiger partial charge in [0.25, 0.3) is 15.7 Å². The van der Waals surface area contributed by atoms with Crippen molar-refractivity contribution in [3.63, 3.8) is 0 Å². The molecular formula is C14H15F3N2O3S. The maximum absolute atomic E-state index is 13.6. The Morgan fingerprint density at radius 3 is 2.48 bits per heavy atom. The van der Waals surface area contributed by atoms with Crippen LogP contribution in [0.5, 0.6) is 0 Å². The zero-order chi connectivity index (χ0) is 16.9. The van der Waals surface area contributed by atoms with Gasteiger partial charge in [-0.3, -0.25) is 0 Å². The number of hydrazone groups is 1. The summed E-state index contributed by atoms with van der Waals surface area (Å²) in [4.78, 5) is -0.342. The van der Waals surface area contributed by atoms with E-state index in [1.807, 2.05) is 0 Å². The lowest BCUT2D eigenvalue weighted by Gasteiger charge is -2.38. The first-order valence-electron chi connectivity index (χ1n) is 7.16. The van der Waals surface area contributed by atoms with Gasteiger partial charge < -0.3 is 5.11 Å². The van der Waals surface area contributed by atoms with Gasteiger partial charge in [0.1, 0.15) is 0 Å². The van der Waals surface area contributed by atoms with Crippen molar-refractivity contribution < 1.29 is 26.7 Å². The first-order chi connectivity index (χ1) is 10.7. The molecule has 1 saturated carbocycles. The number of benzene rings is 1. The van der Waals surface area contributed by atoms with Crippen molar-refractivity contribution in [3.8, 4) is 0 Å². The summed E-state index contributed by atoms with van der Waals surface area (Å²) in [5.41, 5.74) is -3.44. The number of halogens is 3. The van der Waals surface area contributed by atoms with Crippen LogP contribution in [0, 0.1) is 5.92 Å². The number of aliphatic hydroxyl groups is 1. The van der Waals surface area contributed by atoms with E-state index >= 15 is 0 Å². The molecular weight excluding hydrogens is 333 g/mol. The Hall–Kier alpha value is -1.61. The zero-order valence-corrected chi connectivity index (χ0v) is 12.8. The number of rotatable bonds is 2. The third kappa shape index (κ3) is 2.33. The Labute approximate surface area is 131 Å². The van der Waals surface area contributed by atoms with Crippen LogP contribution in [-0.4, -0.2) is 35.6 Å². The van der Waals surface area contributed by atoms with Crippen molar-refractivity contribution in [2.24, 2.45) is 11.0 Å². The van der Waals surface area contributed by atoms with Gasteiger partial charge >= 0.3 is 6.18 Å². The van der Waals surface area contributed by atoms with Crippen LogP contribution in [0.1, 0.15) is 25.7 Å². The van der Waals surface area contributed by atoms with Gasteiger partial charge in [-0.05, 0) is 31.4 Å². The highest BCUT2D eigenvalue weighted by Crippen LogP contribution is 2.49. The molecule has 0 saturated heterocycles. The molecule has 0 unspecified atom stereocenters. The molecule has 5 nitrogen and oxygen atoms in total. The van der Waals surface area contributed by atoms with Gasteiger partial charge in [0.2, 0.25) is 0 Å². The number of nitrogens with zero attached hydrogens (tertiary/aromatic N) is 2. The highest BCUT2D eigenvalue weighted by Gasteiger charge is 2.69. The molecule has 2 atom stereocenters. The summed E-state index contributed by atoms with van der Waals surface area (Å²) in [5.74, 6) is -1.35. The summed E-state index contributed by atoms with van der Waals surface area (Å²) in [6.45, 7) is 0. The molecule has 1 aromatic rings. The summed E-state index contributed by atoms with van der Waals surface area (Å²) < 4.78 is 65.8. The van der Waals surface area contributed by atoms with Crippen molar-refractivity contribution >= 4 is 15.7 Å². The normalized spacial score (nSPS) is 28.4. The number of alkyl halides is 3. The van der Waals surface area contributed by atoms with Gasteiger partial charge in [-0.2, -0.15) is 26.7 Å². The smallest absolute Gasteiger partial charge is 0.361 e. The molecule has 2 aliphatic rings. The molecule has 1 aliphatic heterocycles.